The molecule has 0 aliphatic carbocycles. The number of hydrogen-bond donors (Lipinski definition) is 2. The number of pyridine rings is 2. The van der Waals surface area contributed by atoms with Crippen LogP contribution in [0.25, 0.3) is 0 Å². The number of likely N-dealkylation sites (tertiary alicyclic amines) is 2. The van der Waals surface area contributed by atoms with Gasteiger partial charge in [0.1, 0.15) is 23.1 Å². The molecule has 11 heteroatoms. The van der Waals surface area contributed by atoms with E-state index in [0.717, 1.165) is 5.75 Å². The predicted octanol–water partition coefficient (Wildman–Crippen LogP) is 3.05. The van der Waals surface area contributed by atoms with Crippen LogP contribution in [0.2, 0.25) is 0 Å². The maximum atomic E-state index is 11.7. The molecule has 2 N–H and O–H groups in total. The third-order valence-corrected chi connectivity index (χ3v) is 4.65. The van der Waals surface area contributed by atoms with Crippen LogP contribution in [0.1, 0.15) is 41.5 Å². The first-order valence-electron chi connectivity index (χ1n) is 12.1. The van der Waals surface area contributed by atoms with Crippen LogP contribution in [-0.2, 0) is 9.47 Å². The monoisotopic (exact) mass is 518 g/mol. The lowest BCUT2D eigenvalue weighted by molar-refractivity contribution is -0.0303. The van der Waals surface area contributed by atoms with Crippen LogP contribution >= 0.6 is 0 Å². The second kappa shape index (κ2) is 13.1. The number of aliphatic hydroxyl groups is 1. The van der Waals surface area contributed by atoms with E-state index in [0.29, 0.717) is 26.2 Å². The standard InChI is InChI=1S/C13H18N2O3.C8H15NO3.C5H5NO/c1-13(2,3)18-12(16)15-8-11(9-15)17-10-4-6-14-7-5-10;1-8(2,3)12-7(11)9-4-6(10)5-9;7-5-1-3-6-4-2-5/h4-7,11H,8-9H2,1-3H3;6,10H,4-5H2,1-3H3;1-4H,(H,6,7). The van der Waals surface area contributed by atoms with Crippen LogP contribution in [0.5, 0.6) is 5.75 Å². The molecule has 4 heterocycles. The molecule has 0 atom stereocenters. The average molecular weight is 519 g/mol. The van der Waals surface area contributed by atoms with Gasteiger partial charge in [0.2, 0.25) is 0 Å². The van der Waals surface area contributed by atoms with Gasteiger partial charge in [-0.25, -0.2) is 9.59 Å². The molecule has 2 fully saturated rings. The van der Waals surface area contributed by atoms with Crippen molar-refractivity contribution < 1.29 is 28.9 Å². The molecule has 11 nitrogen and oxygen atoms in total. The highest BCUT2D eigenvalue weighted by Gasteiger charge is 2.35. The molecule has 37 heavy (non-hydrogen) atoms. The van der Waals surface area contributed by atoms with Gasteiger partial charge in [-0.3, -0.25) is 9.78 Å². The van der Waals surface area contributed by atoms with Crippen molar-refractivity contribution in [1.29, 1.82) is 0 Å². The number of nitrogens with zero attached hydrogens (tertiary/aromatic N) is 3. The topological polar surface area (TPSA) is 134 Å². The molecule has 0 radical (unpaired) electrons. The molecule has 0 aromatic carbocycles. The molecule has 0 unspecified atom stereocenters. The van der Waals surface area contributed by atoms with Gasteiger partial charge in [0.15, 0.2) is 5.43 Å². The fraction of sp³-hybridized carbons (Fsp3) is 0.538. The maximum Gasteiger partial charge on any atom is 0.410 e. The van der Waals surface area contributed by atoms with Crippen molar-refractivity contribution in [2.45, 2.75) is 65.0 Å². The Hall–Kier alpha value is -3.60. The summed E-state index contributed by atoms with van der Waals surface area (Å²) in [6.45, 7) is 13.0. The zero-order valence-electron chi connectivity index (χ0n) is 22.3. The van der Waals surface area contributed by atoms with Crippen LogP contribution in [0.15, 0.2) is 53.8 Å². The first-order valence-corrected chi connectivity index (χ1v) is 12.1. The summed E-state index contributed by atoms with van der Waals surface area (Å²) in [5.41, 5.74) is -0.857. The van der Waals surface area contributed by atoms with Gasteiger partial charge in [-0.05, 0) is 53.7 Å². The number of hydrogen-bond acceptors (Lipinski definition) is 8. The highest BCUT2D eigenvalue weighted by atomic mass is 16.6. The Labute approximate surface area is 217 Å². The van der Waals surface area contributed by atoms with E-state index in [4.69, 9.17) is 19.3 Å². The lowest BCUT2D eigenvalue weighted by Gasteiger charge is -2.39. The van der Waals surface area contributed by atoms with E-state index >= 15 is 0 Å². The number of amides is 2. The molecule has 0 spiro atoms. The van der Waals surface area contributed by atoms with E-state index in [1.54, 1.807) is 41.8 Å². The summed E-state index contributed by atoms with van der Waals surface area (Å²) in [7, 11) is 0. The third-order valence-electron chi connectivity index (χ3n) is 4.65. The van der Waals surface area contributed by atoms with E-state index in [9.17, 15) is 14.4 Å². The predicted molar refractivity (Wildman–Crippen MR) is 137 cm³/mol. The summed E-state index contributed by atoms with van der Waals surface area (Å²) in [5, 5.41) is 8.92. The Morgan fingerprint density at radius 1 is 0.865 bits per heavy atom. The maximum absolute atomic E-state index is 11.7. The molecular weight excluding hydrogens is 480 g/mol. The molecular formula is C26H38N4O7. The lowest BCUT2D eigenvalue weighted by Crippen LogP contribution is -2.57. The number of carbonyl (C=O) groups is 2. The molecule has 2 aliphatic rings. The van der Waals surface area contributed by atoms with Gasteiger partial charge in [0, 0.05) is 36.9 Å². The number of carbonyl (C=O) groups excluding carboxylic acids is 2. The molecule has 4 rings (SSSR count). The fourth-order valence-corrected chi connectivity index (χ4v) is 2.90. The summed E-state index contributed by atoms with van der Waals surface area (Å²) in [6.07, 6.45) is 5.62. The SMILES string of the molecule is CC(C)(C)OC(=O)N1CC(O)C1.CC(C)(C)OC(=O)N1CC(Oc2ccncc2)C1.O=c1cc[nH]cc1. The fourth-order valence-electron chi connectivity index (χ4n) is 2.90. The second-order valence-electron chi connectivity index (χ2n) is 10.6. The van der Waals surface area contributed by atoms with E-state index in [1.165, 1.54) is 17.0 Å². The highest BCUT2D eigenvalue weighted by Crippen LogP contribution is 2.19. The van der Waals surface area contributed by atoms with Gasteiger partial charge in [-0.15, -0.1) is 0 Å². The minimum Gasteiger partial charge on any atom is -0.487 e. The van der Waals surface area contributed by atoms with Crippen LogP contribution < -0.4 is 10.2 Å². The molecule has 2 aromatic rings. The Kier molecular flexibility index (Phi) is 10.5. The Morgan fingerprint density at radius 3 is 1.70 bits per heavy atom. The first-order chi connectivity index (χ1) is 17.2. The quantitative estimate of drug-likeness (QED) is 0.620. The number of nitrogens with one attached hydrogen (secondary N) is 1. The minimum atomic E-state index is -0.450. The average Bonchev–Trinajstić information content (AvgIpc) is 2.73. The van der Waals surface area contributed by atoms with Gasteiger partial charge in [-0.2, -0.15) is 0 Å². The van der Waals surface area contributed by atoms with Gasteiger partial charge in [-0.1, -0.05) is 0 Å². The van der Waals surface area contributed by atoms with Gasteiger partial charge < -0.3 is 34.1 Å². The Bertz CT molecular complexity index is 1020. The molecule has 2 aromatic heterocycles. The van der Waals surface area contributed by atoms with E-state index in [-0.39, 0.29) is 29.8 Å². The zero-order chi connectivity index (χ0) is 27.6. The molecule has 0 bridgehead atoms. The lowest BCUT2D eigenvalue weighted by atomic mass is 10.1. The largest absolute Gasteiger partial charge is 0.487 e. The van der Waals surface area contributed by atoms with Crippen LogP contribution in [0.4, 0.5) is 9.59 Å². The number of rotatable bonds is 2. The number of aliphatic hydroxyl groups excluding tert-OH is 1. The van der Waals surface area contributed by atoms with Crippen LogP contribution in [0.3, 0.4) is 0 Å². The first kappa shape index (κ1) is 29.6. The van der Waals surface area contributed by atoms with Crippen molar-refractivity contribution in [3.05, 3.63) is 59.3 Å². The van der Waals surface area contributed by atoms with E-state index in [2.05, 4.69) is 9.97 Å². The van der Waals surface area contributed by atoms with Crippen molar-refractivity contribution >= 4 is 12.2 Å². The van der Waals surface area contributed by atoms with E-state index in [1.807, 2.05) is 41.5 Å². The number of H-pyrrole nitrogens is 1. The molecule has 204 valence electrons. The van der Waals surface area contributed by atoms with Crippen molar-refractivity contribution in [1.82, 2.24) is 19.8 Å². The third kappa shape index (κ3) is 11.8. The van der Waals surface area contributed by atoms with E-state index < -0.39 is 11.2 Å². The molecule has 2 amide bonds. The summed E-state index contributed by atoms with van der Waals surface area (Å²) >= 11 is 0. The summed E-state index contributed by atoms with van der Waals surface area (Å²) in [5.74, 6) is 0.777. The van der Waals surface area contributed by atoms with Crippen LogP contribution in [0, 0.1) is 0 Å². The van der Waals surface area contributed by atoms with Crippen molar-refractivity contribution in [2.75, 3.05) is 26.2 Å². The minimum absolute atomic E-state index is 0.0405. The van der Waals surface area contributed by atoms with Gasteiger partial charge in [0.25, 0.3) is 0 Å². The molecule has 2 aliphatic heterocycles. The normalized spacial score (nSPS) is 15.5. The van der Waals surface area contributed by atoms with Crippen molar-refractivity contribution in [3.63, 3.8) is 0 Å². The molecule has 2 saturated heterocycles. The smallest absolute Gasteiger partial charge is 0.410 e. The Morgan fingerprint density at radius 2 is 1.32 bits per heavy atom. The van der Waals surface area contributed by atoms with Crippen molar-refractivity contribution in [3.8, 4) is 5.75 Å². The zero-order valence-corrected chi connectivity index (χ0v) is 22.3. The van der Waals surface area contributed by atoms with Crippen molar-refractivity contribution in [2.24, 2.45) is 0 Å². The summed E-state index contributed by atoms with van der Waals surface area (Å²) < 4.78 is 16.0. The number of aromatic amines is 1. The van der Waals surface area contributed by atoms with Crippen LogP contribution in [-0.4, -0.2) is 86.6 Å². The summed E-state index contributed by atoms with van der Waals surface area (Å²) in [4.78, 5) is 42.9. The van der Waals surface area contributed by atoms with Gasteiger partial charge in [0.05, 0.1) is 32.3 Å². The Balaban J connectivity index is 0.000000217. The molecule has 0 saturated carbocycles. The number of β-amino-alcohol motifs (C(OH)–C–C–N with tert-alkyl or cyclic N) is 1. The second-order valence-corrected chi connectivity index (χ2v) is 10.6. The summed E-state index contributed by atoms with van der Waals surface area (Å²) in [6, 6.07) is 6.55. The highest BCUT2D eigenvalue weighted by molar-refractivity contribution is 5.69. The number of aromatic nitrogens is 2. The van der Waals surface area contributed by atoms with Gasteiger partial charge >= 0.3 is 12.2 Å². The number of ether oxygens (including phenoxy) is 3.